The molecule has 6 heteroatoms. The van der Waals surface area contributed by atoms with Gasteiger partial charge in [-0.15, -0.1) is 6.42 Å². The third-order valence-corrected chi connectivity index (χ3v) is 3.28. The summed E-state index contributed by atoms with van der Waals surface area (Å²) in [6, 6.07) is 2.04. The fourth-order valence-corrected chi connectivity index (χ4v) is 2.20. The Morgan fingerprint density at radius 1 is 1.50 bits per heavy atom. The van der Waals surface area contributed by atoms with E-state index in [-0.39, 0.29) is 12.1 Å². The first-order chi connectivity index (χ1) is 9.43. The second-order valence-electron chi connectivity index (χ2n) is 4.34. The molecule has 0 unspecified atom stereocenters. The normalized spacial score (nSPS) is 10.2. The van der Waals surface area contributed by atoms with Crippen molar-refractivity contribution in [3.8, 4) is 18.4 Å². The van der Waals surface area contributed by atoms with Crippen LogP contribution in [0.2, 0.25) is 0 Å². The van der Waals surface area contributed by atoms with Gasteiger partial charge in [-0.2, -0.15) is 5.26 Å². The number of terminal acetylenes is 1. The van der Waals surface area contributed by atoms with Gasteiger partial charge in [-0.05, 0) is 19.4 Å². The minimum Gasteiger partial charge on any atom is -0.477 e. The van der Waals surface area contributed by atoms with Gasteiger partial charge in [0.1, 0.15) is 17.3 Å². The fraction of sp³-hybridized carbons (Fsp3) is 0.214. The standard InChI is InChI=1S/C14H11N3O3/c1-4-5-16-7-11(14(19)20)13(18)17-9(3)8(2)10(6-15)12(16)17/h1,7H,5H2,2-3H3,(H,19,20). The van der Waals surface area contributed by atoms with Crippen molar-refractivity contribution >= 4 is 11.6 Å². The van der Waals surface area contributed by atoms with Crippen LogP contribution in [0.15, 0.2) is 11.0 Å². The van der Waals surface area contributed by atoms with Crippen molar-refractivity contribution in [2.75, 3.05) is 0 Å². The minimum absolute atomic E-state index is 0.0711. The molecule has 0 aliphatic carbocycles. The Balaban J connectivity index is 3.12. The second kappa shape index (κ2) is 4.60. The molecule has 0 aliphatic heterocycles. The predicted octanol–water partition coefficient (Wildman–Crippen LogP) is 0.921. The molecular formula is C14H11N3O3. The highest BCUT2D eigenvalue weighted by molar-refractivity contribution is 5.87. The molecule has 1 N–H and O–H groups in total. The third-order valence-electron chi connectivity index (χ3n) is 3.28. The monoisotopic (exact) mass is 269 g/mol. The lowest BCUT2D eigenvalue weighted by atomic mass is 10.2. The molecule has 2 heterocycles. The molecule has 2 rings (SSSR count). The first-order valence-corrected chi connectivity index (χ1v) is 5.76. The van der Waals surface area contributed by atoms with Crippen molar-refractivity contribution in [2.45, 2.75) is 20.4 Å². The SMILES string of the molecule is C#CCn1cc(C(=O)O)c(=O)n2c(C)c(C)c(C#N)c12. The topological polar surface area (TPSA) is 87.5 Å². The van der Waals surface area contributed by atoms with Crippen LogP contribution in [0.25, 0.3) is 5.65 Å². The molecular weight excluding hydrogens is 258 g/mol. The molecule has 0 aliphatic rings. The number of fused-ring (bicyclic) bond motifs is 1. The van der Waals surface area contributed by atoms with Gasteiger partial charge in [-0.3, -0.25) is 9.20 Å². The maximum Gasteiger partial charge on any atom is 0.342 e. The molecule has 0 saturated heterocycles. The van der Waals surface area contributed by atoms with Gasteiger partial charge in [0.15, 0.2) is 0 Å². The quantitative estimate of drug-likeness (QED) is 0.821. The highest BCUT2D eigenvalue weighted by Crippen LogP contribution is 2.20. The number of nitriles is 1. The van der Waals surface area contributed by atoms with Crippen LogP contribution in [0.5, 0.6) is 0 Å². The van der Waals surface area contributed by atoms with E-state index in [1.54, 1.807) is 13.8 Å². The lowest BCUT2D eigenvalue weighted by Gasteiger charge is -2.08. The summed E-state index contributed by atoms with van der Waals surface area (Å²) in [5.74, 6) is 1.06. The van der Waals surface area contributed by atoms with Crippen LogP contribution in [0.3, 0.4) is 0 Å². The van der Waals surface area contributed by atoms with Crippen LogP contribution in [0, 0.1) is 37.5 Å². The van der Waals surface area contributed by atoms with Gasteiger partial charge in [-0.1, -0.05) is 5.92 Å². The van der Waals surface area contributed by atoms with E-state index in [2.05, 4.69) is 5.92 Å². The Hall–Kier alpha value is -2.99. The molecule has 0 amide bonds. The summed E-state index contributed by atoms with van der Waals surface area (Å²) in [6.45, 7) is 3.44. The van der Waals surface area contributed by atoms with Gasteiger partial charge >= 0.3 is 5.97 Å². The lowest BCUT2D eigenvalue weighted by molar-refractivity contribution is 0.0693. The summed E-state index contributed by atoms with van der Waals surface area (Å²) in [6.07, 6.45) is 6.44. The lowest BCUT2D eigenvalue weighted by Crippen LogP contribution is -2.25. The number of aromatic nitrogens is 2. The zero-order valence-corrected chi connectivity index (χ0v) is 11.0. The summed E-state index contributed by atoms with van der Waals surface area (Å²) in [4.78, 5) is 23.4. The number of aromatic carboxylic acids is 1. The van der Waals surface area contributed by atoms with Crippen LogP contribution in [-0.4, -0.2) is 20.0 Å². The van der Waals surface area contributed by atoms with E-state index >= 15 is 0 Å². The Morgan fingerprint density at radius 2 is 2.15 bits per heavy atom. The van der Waals surface area contributed by atoms with Crippen molar-refractivity contribution in [3.63, 3.8) is 0 Å². The Bertz CT molecular complexity index is 872. The molecule has 6 nitrogen and oxygen atoms in total. The Labute approximate surface area is 114 Å². The number of carboxylic acids is 1. The number of hydrogen-bond acceptors (Lipinski definition) is 3. The third kappa shape index (κ3) is 1.67. The van der Waals surface area contributed by atoms with Crippen molar-refractivity contribution in [3.05, 3.63) is 38.9 Å². The molecule has 100 valence electrons. The number of rotatable bonds is 2. The molecule has 0 radical (unpaired) electrons. The minimum atomic E-state index is -1.33. The summed E-state index contributed by atoms with van der Waals surface area (Å²) in [5.41, 5.74) is 0.786. The number of hydrogen-bond donors (Lipinski definition) is 1. The zero-order chi connectivity index (χ0) is 15.0. The highest BCUT2D eigenvalue weighted by atomic mass is 16.4. The van der Waals surface area contributed by atoms with E-state index in [0.717, 1.165) is 0 Å². The molecule has 2 aromatic rings. The predicted molar refractivity (Wildman–Crippen MR) is 71.6 cm³/mol. The fourth-order valence-electron chi connectivity index (χ4n) is 2.20. The van der Waals surface area contributed by atoms with Gasteiger partial charge in [0.2, 0.25) is 0 Å². The Morgan fingerprint density at radius 3 is 2.65 bits per heavy atom. The maximum atomic E-state index is 12.2. The summed E-state index contributed by atoms with van der Waals surface area (Å²) < 4.78 is 2.66. The van der Waals surface area contributed by atoms with E-state index in [1.807, 2.05) is 6.07 Å². The highest BCUT2D eigenvalue weighted by Gasteiger charge is 2.21. The number of nitrogens with zero attached hydrogens (tertiary/aromatic N) is 3. The van der Waals surface area contributed by atoms with E-state index in [4.69, 9.17) is 11.5 Å². The number of carboxylic acid groups (broad SMARTS) is 1. The molecule has 0 saturated carbocycles. The molecule has 0 atom stereocenters. The van der Waals surface area contributed by atoms with E-state index in [0.29, 0.717) is 22.5 Å². The van der Waals surface area contributed by atoms with Gasteiger partial charge < -0.3 is 9.67 Å². The van der Waals surface area contributed by atoms with Crippen molar-refractivity contribution in [1.29, 1.82) is 5.26 Å². The van der Waals surface area contributed by atoms with E-state index in [1.165, 1.54) is 15.2 Å². The van der Waals surface area contributed by atoms with Crippen LogP contribution >= 0.6 is 0 Å². The van der Waals surface area contributed by atoms with Gasteiger partial charge in [-0.25, -0.2) is 4.79 Å². The largest absolute Gasteiger partial charge is 0.477 e. The van der Waals surface area contributed by atoms with E-state index in [9.17, 15) is 14.9 Å². The molecule has 0 aromatic carbocycles. The first kappa shape index (κ1) is 13.4. The molecule has 0 bridgehead atoms. The average molecular weight is 269 g/mol. The summed E-state index contributed by atoms with van der Waals surface area (Å²) in [7, 11) is 0. The van der Waals surface area contributed by atoms with Crippen molar-refractivity contribution in [2.24, 2.45) is 0 Å². The summed E-state index contributed by atoms with van der Waals surface area (Å²) in [5, 5.41) is 18.3. The average Bonchev–Trinajstić information content (AvgIpc) is 2.66. The molecule has 0 fully saturated rings. The van der Waals surface area contributed by atoms with Gasteiger partial charge in [0.25, 0.3) is 5.56 Å². The first-order valence-electron chi connectivity index (χ1n) is 5.76. The maximum absolute atomic E-state index is 12.2. The van der Waals surface area contributed by atoms with Crippen molar-refractivity contribution < 1.29 is 9.90 Å². The molecule has 0 spiro atoms. The Kier molecular flexibility index (Phi) is 3.09. The van der Waals surface area contributed by atoms with Crippen LogP contribution in [0.4, 0.5) is 0 Å². The van der Waals surface area contributed by atoms with Crippen LogP contribution < -0.4 is 5.56 Å². The number of aryl methyl sites for hydroxylation is 1. The molecule has 20 heavy (non-hydrogen) atoms. The smallest absolute Gasteiger partial charge is 0.342 e. The summed E-state index contributed by atoms with van der Waals surface area (Å²) >= 11 is 0. The van der Waals surface area contributed by atoms with Crippen LogP contribution in [0.1, 0.15) is 27.2 Å². The van der Waals surface area contributed by atoms with Crippen molar-refractivity contribution in [1.82, 2.24) is 8.97 Å². The zero-order valence-electron chi connectivity index (χ0n) is 11.0. The second-order valence-corrected chi connectivity index (χ2v) is 4.34. The van der Waals surface area contributed by atoms with Gasteiger partial charge in [0, 0.05) is 11.9 Å². The number of carbonyl (C=O) groups is 1. The van der Waals surface area contributed by atoms with Gasteiger partial charge in [0.05, 0.1) is 12.1 Å². The van der Waals surface area contributed by atoms with Crippen LogP contribution in [-0.2, 0) is 6.54 Å². The molecule has 2 aromatic heterocycles. The van der Waals surface area contributed by atoms with E-state index < -0.39 is 11.5 Å².